The van der Waals surface area contributed by atoms with Crippen molar-refractivity contribution < 1.29 is 4.79 Å². The van der Waals surface area contributed by atoms with Crippen LogP contribution in [-0.2, 0) is 6.54 Å². The molecule has 2 aromatic heterocycles. The van der Waals surface area contributed by atoms with Crippen LogP contribution in [-0.4, -0.2) is 21.8 Å². The standard InChI is InChI=1S/C21H22N2O2S/c1-14-8-9-18-15(11-14)12-16(20(24)22-18)13-23(17-5-2-3-6-17)21(25)19-7-4-10-26-19/h4,7-12,17H,2-3,5-6,13H2,1H3,(H,22,24). The van der Waals surface area contributed by atoms with Gasteiger partial charge in [-0.2, -0.15) is 0 Å². The molecule has 134 valence electrons. The SMILES string of the molecule is Cc1ccc2[nH]c(=O)c(CN(C(=O)c3cccs3)C3CCCC3)cc2c1. The number of nitrogens with zero attached hydrogens (tertiary/aromatic N) is 1. The fraction of sp³-hybridized carbons (Fsp3) is 0.333. The fourth-order valence-corrected chi connectivity index (χ4v) is 4.48. The van der Waals surface area contributed by atoms with Crippen molar-refractivity contribution in [3.8, 4) is 0 Å². The van der Waals surface area contributed by atoms with E-state index in [-0.39, 0.29) is 17.5 Å². The number of aromatic amines is 1. The second-order valence-corrected chi connectivity index (χ2v) is 8.01. The van der Waals surface area contributed by atoms with Gasteiger partial charge in [-0.1, -0.05) is 30.5 Å². The first kappa shape index (κ1) is 17.0. The number of carbonyl (C=O) groups excluding carboxylic acids is 1. The number of hydrogen-bond donors (Lipinski definition) is 1. The number of fused-ring (bicyclic) bond motifs is 1. The Morgan fingerprint density at radius 1 is 1.23 bits per heavy atom. The first-order valence-electron chi connectivity index (χ1n) is 9.09. The largest absolute Gasteiger partial charge is 0.330 e. The van der Waals surface area contributed by atoms with E-state index in [2.05, 4.69) is 11.1 Å². The van der Waals surface area contributed by atoms with E-state index in [1.165, 1.54) is 11.3 Å². The molecule has 26 heavy (non-hydrogen) atoms. The van der Waals surface area contributed by atoms with E-state index in [1.807, 2.05) is 47.5 Å². The predicted octanol–water partition coefficient (Wildman–Crippen LogP) is 4.48. The molecule has 4 rings (SSSR count). The third-order valence-corrected chi connectivity index (χ3v) is 6.03. The van der Waals surface area contributed by atoms with E-state index in [1.54, 1.807) is 0 Å². The first-order chi connectivity index (χ1) is 12.6. The van der Waals surface area contributed by atoms with Gasteiger partial charge in [0, 0.05) is 17.1 Å². The molecule has 0 bridgehead atoms. The van der Waals surface area contributed by atoms with Gasteiger partial charge in [-0.3, -0.25) is 9.59 Å². The van der Waals surface area contributed by atoms with E-state index in [0.29, 0.717) is 12.1 Å². The Kier molecular flexibility index (Phi) is 4.64. The summed E-state index contributed by atoms with van der Waals surface area (Å²) in [6.07, 6.45) is 4.32. The van der Waals surface area contributed by atoms with Crippen LogP contribution < -0.4 is 5.56 Å². The van der Waals surface area contributed by atoms with Crippen molar-refractivity contribution in [2.24, 2.45) is 0 Å². The average Bonchev–Trinajstić information content (AvgIpc) is 3.33. The third kappa shape index (κ3) is 3.31. The molecule has 0 unspecified atom stereocenters. The lowest BCUT2D eigenvalue weighted by Crippen LogP contribution is -2.39. The quantitative estimate of drug-likeness (QED) is 0.740. The molecule has 0 saturated heterocycles. The molecular formula is C21H22N2O2S. The van der Waals surface area contributed by atoms with E-state index in [4.69, 9.17) is 0 Å². The Bertz CT molecular complexity index is 985. The van der Waals surface area contributed by atoms with Gasteiger partial charge in [0.15, 0.2) is 0 Å². The number of carbonyl (C=O) groups is 1. The summed E-state index contributed by atoms with van der Waals surface area (Å²) >= 11 is 1.46. The van der Waals surface area contributed by atoms with Crippen molar-refractivity contribution in [1.29, 1.82) is 0 Å². The monoisotopic (exact) mass is 366 g/mol. The number of rotatable bonds is 4. The molecule has 1 aliphatic rings. The van der Waals surface area contributed by atoms with Crippen LogP contribution >= 0.6 is 11.3 Å². The molecule has 2 heterocycles. The van der Waals surface area contributed by atoms with Crippen molar-refractivity contribution in [2.75, 3.05) is 0 Å². The number of H-pyrrole nitrogens is 1. The molecule has 3 aromatic rings. The zero-order valence-corrected chi connectivity index (χ0v) is 15.6. The number of amides is 1. The summed E-state index contributed by atoms with van der Waals surface area (Å²) in [6.45, 7) is 2.40. The lowest BCUT2D eigenvalue weighted by Gasteiger charge is -2.28. The number of pyridine rings is 1. The minimum Gasteiger partial charge on any atom is -0.330 e. The van der Waals surface area contributed by atoms with Crippen LogP contribution in [0.1, 0.15) is 46.5 Å². The summed E-state index contributed by atoms with van der Waals surface area (Å²) in [5, 5.41) is 2.93. The van der Waals surface area contributed by atoms with Gasteiger partial charge >= 0.3 is 0 Å². The number of benzene rings is 1. The topological polar surface area (TPSA) is 53.2 Å². The Morgan fingerprint density at radius 2 is 2.04 bits per heavy atom. The molecule has 0 spiro atoms. The van der Waals surface area contributed by atoms with Gasteiger partial charge in [0.1, 0.15) is 0 Å². The van der Waals surface area contributed by atoms with Crippen molar-refractivity contribution in [3.05, 3.63) is 68.1 Å². The van der Waals surface area contributed by atoms with Gasteiger partial charge in [-0.05, 0) is 54.8 Å². The first-order valence-corrected chi connectivity index (χ1v) is 9.97. The van der Waals surface area contributed by atoms with Gasteiger partial charge in [0.05, 0.1) is 11.4 Å². The van der Waals surface area contributed by atoms with Crippen LogP contribution in [0.15, 0.2) is 46.6 Å². The summed E-state index contributed by atoms with van der Waals surface area (Å²) in [5.41, 5.74) is 2.53. The average molecular weight is 366 g/mol. The summed E-state index contributed by atoms with van der Waals surface area (Å²) in [5.74, 6) is 0.0376. The number of thiophene rings is 1. The lowest BCUT2D eigenvalue weighted by molar-refractivity contribution is 0.0669. The van der Waals surface area contributed by atoms with Crippen molar-refractivity contribution in [3.63, 3.8) is 0 Å². The van der Waals surface area contributed by atoms with E-state index >= 15 is 0 Å². The number of aromatic nitrogens is 1. The van der Waals surface area contributed by atoms with Gasteiger partial charge in [-0.15, -0.1) is 11.3 Å². The zero-order chi connectivity index (χ0) is 18.1. The van der Waals surface area contributed by atoms with Crippen LogP contribution in [0.4, 0.5) is 0 Å². The molecule has 1 amide bonds. The van der Waals surface area contributed by atoms with Crippen molar-refractivity contribution >= 4 is 28.1 Å². The van der Waals surface area contributed by atoms with E-state index in [0.717, 1.165) is 47.0 Å². The number of hydrogen-bond acceptors (Lipinski definition) is 3. The highest BCUT2D eigenvalue weighted by molar-refractivity contribution is 7.12. The Labute approximate surface area is 156 Å². The molecule has 4 nitrogen and oxygen atoms in total. The molecule has 0 aliphatic heterocycles. The number of nitrogens with one attached hydrogen (secondary N) is 1. The smallest absolute Gasteiger partial charge is 0.264 e. The highest BCUT2D eigenvalue weighted by Crippen LogP contribution is 2.27. The van der Waals surface area contributed by atoms with Crippen LogP contribution in [0, 0.1) is 6.92 Å². The predicted molar refractivity (Wildman–Crippen MR) is 106 cm³/mol. The molecule has 0 atom stereocenters. The molecule has 1 aliphatic carbocycles. The second-order valence-electron chi connectivity index (χ2n) is 7.06. The van der Waals surface area contributed by atoms with Crippen molar-refractivity contribution in [1.82, 2.24) is 9.88 Å². The van der Waals surface area contributed by atoms with E-state index in [9.17, 15) is 9.59 Å². The molecule has 1 saturated carbocycles. The molecule has 1 aromatic carbocycles. The highest BCUT2D eigenvalue weighted by atomic mass is 32.1. The Balaban J connectivity index is 1.71. The molecular weight excluding hydrogens is 344 g/mol. The summed E-state index contributed by atoms with van der Waals surface area (Å²) in [7, 11) is 0. The third-order valence-electron chi connectivity index (χ3n) is 5.18. The van der Waals surface area contributed by atoms with Crippen molar-refractivity contribution in [2.45, 2.75) is 45.2 Å². The second kappa shape index (κ2) is 7.08. The Hall–Kier alpha value is -2.40. The van der Waals surface area contributed by atoms with Crippen LogP contribution in [0.5, 0.6) is 0 Å². The van der Waals surface area contributed by atoms with Gasteiger partial charge in [-0.25, -0.2) is 0 Å². The van der Waals surface area contributed by atoms with Crippen LogP contribution in [0.3, 0.4) is 0 Å². The summed E-state index contributed by atoms with van der Waals surface area (Å²) in [6, 6.07) is 11.9. The highest BCUT2D eigenvalue weighted by Gasteiger charge is 2.28. The van der Waals surface area contributed by atoms with Crippen LogP contribution in [0.25, 0.3) is 10.9 Å². The molecule has 0 radical (unpaired) electrons. The molecule has 1 N–H and O–H groups in total. The normalized spacial score (nSPS) is 14.8. The molecule has 5 heteroatoms. The maximum absolute atomic E-state index is 13.1. The van der Waals surface area contributed by atoms with Gasteiger partial charge < -0.3 is 9.88 Å². The lowest BCUT2D eigenvalue weighted by atomic mass is 10.1. The maximum atomic E-state index is 13.1. The maximum Gasteiger partial charge on any atom is 0.264 e. The van der Waals surface area contributed by atoms with Crippen LogP contribution in [0.2, 0.25) is 0 Å². The van der Waals surface area contributed by atoms with E-state index < -0.39 is 0 Å². The minimum absolute atomic E-state index is 0.0376. The summed E-state index contributed by atoms with van der Waals surface area (Å²) in [4.78, 5) is 31.2. The zero-order valence-electron chi connectivity index (χ0n) is 14.8. The summed E-state index contributed by atoms with van der Waals surface area (Å²) < 4.78 is 0. The fourth-order valence-electron chi connectivity index (χ4n) is 3.80. The number of aryl methyl sites for hydroxylation is 1. The van der Waals surface area contributed by atoms with Gasteiger partial charge in [0.25, 0.3) is 11.5 Å². The minimum atomic E-state index is -0.108. The van der Waals surface area contributed by atoms with Gasteiger partial charge in [0.2, 0.25) is 0 Å². The molecule has 1 fully saturated rings. The Morgan fingerprint density at radius 3 is 2.77 bits per heavy atom.